The molecule has 0 spiro atoms. The second-order valence-corrected chi connectivity index (χ2v) is 3.58. The molecule has 0 radical (unpaired) electrons. The minimum atomic E-state index is -0.239. The lowest BCUT2D eigenvalue weighted by atomic mass is 10.3. The average molecular weight is 215 g/mol. The third-order valence-electron chi connectivity index (χ3n) is 2.41. The highest BCUT2D eigenvalue weighted by Crippen LogP contribution is 2.08. The maximum Gasteiger partial charge on any atom is 0.327 e. The summed E-state index contributed by atoms with van der Waals surface area (Å²) in [5, 5.41) is 3.00. The van der Waals surface area contributed by atoms with Gasteiger partial charge in [0.15, 0.2) is 0 Å². The van der Waals surface area contributed by atoms with Gasteiger partial charge >= 0.3 is 6.03 Å². The second kappa shape index (κ2) is 5.09. The summed E-state index contributed by atoms with van der Waals surface area (Å²) in [6.07, 6.45) is 0. The van der Waals surface area contributed by atoms with Crippen LogP contribution in [0, 0.1) is 0 Å². The molecule has 1 aliphatic heterocycles. The van der Waals surface area contributed by atoms with Gasteiger partial charge in [0, 0.05) is 26.7 Å². The molecule has 1 atom stereocenters. The van der Waals surface area contributed by atoms with Crippen molar-refractivity contribution in [3.63, 3.8) is 0 Å². The molecule has 1 saturated heterocycles. The van der Waals surface area contributed by atoms with Crippen molar-refractivity contribution in [1.82, 2.24) is 15.1 Å². The van der Waals surface area contributed by atoms with E-state index in [1.165, 1.54) is 9.80 Å². The highest BCUT2D eigenvalue weighted by Gasteiger charge is 2.34. The largest absolute Gasteiger partial charge is 0.383 e. The zero-order valence-electron chi connectivity index (χ0n) is 9.32. The van der Waals surface area contributed by atoms with Crippen LogP contribution in [-0.4, -0.2) is 68.7 Å². The van der Waals surface area contributed by atoms with Gasteiger partial charge in [-0.1, -0.05) is 0 Å². The first kappa shape index (κ1) is 11.9. The van der Waals surface area contributed by atoms with Crippen molar-refractivity contribution in [2.45, 2.75) is 6.04 Å². The van der Waals surface area contributed by atoms with Crippen LogP contribution in [-0.2, 0) is 9.53 Å². The Balaban J connectivity index is 2.56. The van der Waals surface area contributed by atoms with E-state index in [0.717, 1.165) is 0 Å². The Hall–Kier alpha value is -1.14. The van der Waals surface area contributed by atoms with Crippen molar-refractivity contribution >= 4 is 11.9 Å². The summed E-state index contributed by atoms with van der Waals surface area (Å²) >= 11 is 0. The molecular formula is C9H17N3O3. The zero-order chi connectivity index (χ0) is 11.4. The highest BCUT2D eigenvalue weighted by molar-refractivity contribution is 6.01. The van der Waals surface area contributed by atoms with E-state index >= 15 is 0 Å². The summed E-state index contributed by atoms with van der Waals surface area (Å²) in [6.45, 7) is 0.992. The molecule has 6 heteroatoms. The topological polar surface area (TPSA) is 61.9 Å². The Kier molecular flexibility index (Phi) is 4.05. The van der Waals surface area contributed by atoms with E-state index in [-0.39, 0.29) is 24.5 Å². The van der Waals surface area contributed by atoms with E-state index in [4.69, 9.17) is 4.74 Å². The average Bonchev–Trinajstić information content (AvgIpc) is 2.44. The number of urea groups is 1. The normalized spacial score (nSPS) is 18.9. The molecule has 1 rings (SSSR count). The molecule has 15 heavy (non-hydrogen) atoms. The maximum atomic E-state index is 11.5. The van der Waals surface area contributed by atoms with Gasteiger partial charge in [0.05, 0.1) is 6.61 Å². The number of likely N-dealkylation sites (N-methyl/N-ethyl adjacent to an activating group) is 2. The third kappa shape index (κ3) is 2.66. The predicted molar refractivity (Wildman–Crippen MR) is 54.5 cm³/mol. The summed E-state index contributed by atoms with van der Waals surface area (Å²) in [5.74, 6) is -0.154. The second-order valence-electron chi connectivity index (χ2n) is 3.58. The zero-order valence-corrected chi connectivity index (χ0v) is 9.32. The number of ether oxygens (including phenoxy) is 1. The lowest BCUT2D eigenvalue weighted by Crippen LogP contribution is -2.45. The Labute approximate surface area is 89.2 Å². The van der Waals surface area contributed by atoms with Gasteiger partial charge in [-0.2, -0.15) is 0 Å². The van der Waals surface area contributed by atoms with Crippen LogP contribution >= 0.6 is 0 Å². The minimum absolute atomic E-state index is 0.0191. The van der Waals surface area contributed by atoms with Crippen LogP contribution in [0.5, 0.6) is 0 Å². The van der Waals surface area contributed by atoms with Gasteiger partial charge in [0.2, 0.25) is 5.91 Å². The molecule has 0 aromatic carbocycles. The quantitative estimate of drug-likeness (QED) is 0.605. The molecule has 86 valence electrons. The number of methoxy groups -OCH3 is 1. The fourth-order valence-corrected chi connectivity index (χ4v) is 1.50. The van der Waals surface area contributed by atoms with Crippen molar-refractivity contribution < 1.29 is 14.3 Å². The van der Waals surface area contributed by atoms with Gasteiger partial charge < -0.3 is 15.0 Å². The lowest BCUT2D eigenvalue weighted by molar-refractivity contribution is -0.125. The van der Waals surface area contributed by atoms with E-state index in [0.29, 0.717) is 13.2 Å². The summed E-state index contributed by atoms with van der Waals surface area (Å²) in [6, 6.07) is -0.259. The first-order valence-corrected chi connectivity index (χ1v) is 4.81. The number of nitrogens with zero attached hydrogens (tertiary/aromatic N) is 2. The smallest absolute Gasteiger partial charge is 0.327 e. The fraction of sp³-hybridized carbons (Fsp3) is 0.778. The number of rotatable bonds is 5. The number of imide groups is 1. The molecule has 6 nitrogen and oxygen atoms in total. The van der Waals surface area contributed by atoms with Crippen LogP contribution in [0.4, 0.5) is 4.79 Å². The fourth-order valence-electron chi connectivity index (χ4n) is 1.50. The molecule has 1 N–H and O–H groups in total. The molecular weight excluding hydrogens is 198 g/mol. The van der Waals surface area contributed by atoms with Gasteiger partial charge in [-0.25, -0.2) is 4.79 Å². The molecule has 1 unspecified atom stereocenters. The van der Waals surface area contributed by atoms with Crippen molar-refractivity contribution in [2.75, 3.05) is 40.9 Å². The van der Waals surface area contributed by atoms with Crippen LogP contribution in [0.3, 0.4) is 0 Å². The van der Waals surface area contributed by atoms with E-state index in [9.17, 15) is 9.59 Å². The highest BCUT2D eigenvalue weighted by atomic mass is 16.5. The predicted octanol–water partition coefficient (Wildman–Crippen LogP) is -0.885. The maximum absolute atomic E-state index is 11.5. The molecule has 0 aliphatic carbocycles. The van der Waals surface area contributed by atoms with Crippen LogP contribution in [0.15, 0.2) is 0 Å². The Morgan fingerprint density at radius 3 is 2.60 bits per heavy atom. The molecule has 1 heterocycles. The third-order valence-corrected chi connectivity index (χ3v) is 2.41. The van der Waals surface area contributed by atoms with Gasteiger partial charge in [0.1, 0.15) is 6.54 Å². The van der Waals surface area contributed by atoms with Crippen molar-refractivity contribution in [1.29, 1.82) is 0 Å². The summed E-state index contributed by atoms with van der Waals surface area (Å²) in [5.41, 5.74) is 0. The van der Waals surface area contributed by atoms with Crippen molar-refractivity contribution in [2.24, 2.45) is 0 Å². The van der Waals surface area contributed by atoms with Gasteiger partial charge in [-0.3, -0.25) is 9.69 Å². The lowest BCUT2D eigenvalue weighted by Gasteiger charge is -2.21. The molecule has 1 fully saturated rings. The Bertz CT molecular complexity index is 257. The van der Waals surface area contributed by atoms with Gasteiger partial charge in [-0.05, 0) is 7.05 Å². The number of hydrogen-bond acceptors (Lipinski definition) is 4. The number of amides is 3. The molecule has 1 aliphatic rings. The van der Waals surface area contributed by atoms with Crippen LogP contribution in [0.1, 0.15) is 0 Å². The van der Waals surface area contributed by atoms with E-state index in [1.54, 1.807) is 21.2 Å². The molecule has 0 saturated carbocycles. The monoisotopic (exact) mass is 215 g/mol. The van der Waals surface area contributed by atoms with Crippen LogP contribution in [0.25, 0.3) is 0 Å². The number of hydrogen-bond donors (Lipinski definition) is 1. The van der Waals surface area contributed by atoms with Gasteiger partial charge in [0.25, 0.3) is 0 Å². The summed E-state index contributed by atoms with van der Waals surface area (Å²) in [7, 11) is 4.98. The molecule has 0 bridgehead atoms. The van der Waals surface area contributed by atoms with Crippen molar-refractivity contribution in [3.05, 3.63) is 0 Å². The minimum Gasteiger partial charge on any atom is -0.383 e. The van der Waals surface area contributed by atoms with Gasteiger partial charge in [-0.15, -0.1) is 0 Å². The number of carbonyl (C=O) groups excluding carboxylic acids is 2. The summed E-state index contributed by atoms with van der Waals surface area (Å²) < 4.78 is 4.98. The Morgan fingerprint density at radius 1 is 1.53 bits per heavy atom. The standard InChI is InChI=1S/C9H17N3O3/c1-10-7(6-15-3)4-12-8(13)5-11(2)9(12)14/h7,10H,4-6H2,1-3H3. The first-order valence-electron chi connectivity index (χ1n) is 4.81. The number of nitrogens with one attached hydrogen (secondary N) is 1. The van der Waals surface area contributed by atoms with E-state index in [2.05, 4.69) is 5.32 Å². The first-order chi connectivity index (χ1) is 7.10. The number of carbonyl (C=O) groups is 2. The summed E-state index contributed by atoms with van der Waals surface area (Å²) in [4.78, 5) is 25.6. The molecule has 0 aromatic heterocycles. The van der Waals surface area contributed by atoms with E-state index in [1.807, 2.05) is 0 Å². The SMILES string of the molecule is CNC(COC)CN1C(=O)CN(C)C1=O. The van der Waals surface area contributed by atoms with Crippen LogP contribution < -0.4 is 5.32 Å². The van der Waals surface area contributed by atoms with Crippen LogP contribution in [0.2, 0.25) is 0 Å². The molecule has 0 aromatic rings. The van der Waals surface area contributed by atoms with E-state index < -0.39 is 0 Å². The van der Waals surface area contributed by atoms with Crippen molar-refractivity contribution in [3.8, 4) is 0 Å². The Morgan fingerprint density at radius 2 is 2.20 bits per heavy atom. The molecule has 3 amide bonds.